The van der Waals surface area contributed by atoms with E-state index in [9.17, 15) is 4.79 Å². The average molecular weight is 256 g/mol. The summed E-state index contributed by atoms with van der Waals surface area (Å²) in [4.78, 5) is 11.9. The van der Waals surface area contributed by atoms with E-state index in [-0.39, 0.29) is 6.03 Å². The Morgan fingerprint density at radius 3 is 2.47 bits per heavy atom. The summed E-state index contributed by atoms with van der Waals surface area (Å²) in [6, 6.07) is 14.6. The highest BCUT2D eigenvalue weighted by Crippen LogP contribution is 2.25. The number of aryl methyl sites for hydroxylation is 1. The minimum absolute atomic E-state index is 0.298. The Morgan fingerprint density at radius 1 is 1.05 bits per heavy atom. The summed E-state index contributed by atoms with van der Waals surface area (Å²) in [6.07, 6.45) is 0. The van der Waals surface area contributed by atoms with E-state index in [2.05, 4.69) is 10.6 Å². The number of hydrogen-bond acceptors (Lipinski definition) is 2. The van der Waals surface area contributed by atoms with Crippen LogP contribution in [0.25, 0.3) is 0 Å². The molecule has 0 aliphatic rings. The summed E-state index contributed by atoms with van der Waals surface area (Å²) in [7, 11) is 1.58. The van der Waals surface area contributed by atoms with Crippen molar-refractivity contribution in [1.82, 2.24) is 0 Å². The van der Waals surface area contributed by atoms with Gasteiger partial charge in [0.25, 0.3) is 0 Å². The minimum Gasteiger partial charge on any atom is -0.495 e. The van der Waals surface area contributed by atoms with Gasteiger partial charge >= 0.3 is 6.03 Å². The van der Waals surface area contributed by atoms with Crippen molar-refractivity contribution < 1.29 is 9.53 Å². The van der Waals surface area contributed by atoms with Crippen LogP contribution in [0.1, 0.15) is 5.56 Å². The molecule has 0 aromatic heterocycles. The molecule has 0 aliphatic heterocycles. The van der Waals surface area contributed by atoms with Crippen molar-refractivity contribution in [2.45, 2.75) is 6.92 Å². The largest absolute Gasteiger partial charge is 0.495 e. The van der Waals surface area contributed by atoms with Gasteiger partial charge in [0.15, 0.2) is 0 Å². The van der Waals surface area contributed by atoms with Crippen LogP contribution in [0.5, 0.6) is 5.75 Å². The summed E-state index contributed by atoms with van der Waals surface area (Å²) in [5.74, 6) is 0.642. The van der Waals surface area contributed by atoms with E-state index in [0.29, 0.717) is 11.4 Å². The van der Waals surface area contributed by atoms with Crippen molar-refractivity contribution in [1.29, 1.82) is 0 Å². The molecule has 0 atom stereocenters. The molecule has 0 radical (unpaired) electrons. The third-order valence-electron chi connectivity index (χ3n) is 2.64. The molecule has 0 saturated carbocycles. The lowest BCUT2D eigenvalue weighted by Gasteiger charge is -2.11. The van der Waals surface area contributed by atoms with Crippen molar-refractivity contribution in [3.63, 3.8) is 0 Å². The Labute approximate surface area is 112 Å². The predicted molar refractivity (Wildman–Crippen MR) is 76.8 cm³/mol. The number of ether oxygens (including phenoxy) is 1. The van der Waals surface area contributed by atoms with Gasteiger partial charge in [0.05, 0.1) is 12.8 Å². The number of carbonyl (C=O) groups is 1. The van der Waals surface area contributed by atoms with Crippen molar-refractivity contribution in [3.05, 3.63) is 54.1 Å². The zero-order chi connectivity index (χ0) is 13.7. The maximum Gasteiger partial charge on any atom is 0.323 e. The molecule has 2 aromatic carbocycles. The maximum absolute atomic E-state index is 11.9. The van der Waals surface area contributed by atoms with E-state index >= 15 is 0 Å². The Kier molecular flexibility index (Phi) is 4.03. The number of para-hydroxylation sites is 1. The number of benzene rings is 2. The third kappa shape index (κ3) is 3.48. The monoisotopic (exact) mass is 256 g/mol. The SMILES string of the molecule is COc1cc(C)ccc1NC(=O)Nc1ccccc1. The van der Waals surface area contributed by atoms with Gasteiger partial charge in [0.2, 0.25) is 0 Å². The number of rotatable bonds is 3. The Bertz CT molecular complexity index is 568. The van der Waals surface area contributed by atoms with E-state index < -0.39 is 0 Å². The normalized spacial score (nSPS) is 9.79. The van der Waals surface area contributed by atoms with E-state index in [1.165, 1.54) is 0 Å². The van der Waals surface area contributed by atoms with Crippen LogP contribution in [0, 0.1) is 6.92 Å². The number of nitrogens with one attached hydrogen (secondary N) is 2. The average Bonchev–Trinajstić information content (AvgIpc) is 2.42. The van der Waals surface area contributed by atoms with Gasteiger partial charge in [-0.25, -0.2) is 4.79 Å². The number of methoxy groups -OCH3 is 1. The van der Waals surface area contributed by atoms with Gasteiger partial charge in [-0.3, -0.25) is 0 Å². The molecule has 0 saturated heterocycles. The molecule has 2 rings (SSSR count). The predicted octanol–water partition coefficient (Wildman–Crippen LogP) is 3.65. The molecule has 2 aromatic rings. The Balaban J connectivity index is 2.07. The number of hydrogen-bond donors (Lipinski definition) is 2. The van der Waals surface area contributed by atoms with Crippen LogP contribution in [0.15, 0.2) is 48.5 Å². The van der Waals surface area contributed by atoms with Crippen LogP contribution in [0.4, 0.5) is 16.2 Å². The zero-order valence-corrected chi connectivity index (χ0v) is 10.9. The van der Waals surface area contributed by atoms with Crippen molar-refractivity contribution in [2.75, 3.05) is 17.7 Å². The molecule has 0 fully saturated rings. The van der Waals surface area contributed by atoms with Crippen LogP contribution in [-0.2, 0) is 0 Å². The molecule has 2 N–H and O–H groups in total. The molecular weight excluding hydrogens is 240 g/mol. The minimum atomic E-state index is -0.298. The summed E-state index contributed by atoms with van der Waals surface area (Å²) in [6.45, 7) is 1.97. The second kappa shape index (κ2) is 5.91. The van der Waals surface area contributed by atoms with Crippen LogP contribution in [0.3, 0.4) is 0 Å². The quantitative estimate of drug-likeness (QED) is 0.880. The number of urea groups is 1. The third-order valence-corrected chi connectivity index (χ3v) is 2.64. The molecule has 19 heavy (non-hydrogen) atoms. The molecule has 0 aliphatic carbocycles. The smallest absolute Gasteiger partial charge is 0.323 e. The highest BCUT2D eigenvalue weighted by Gasteiger charge is 2.07. The highest BCUT2D eigenvalue weighted by molar-refractivity contribution is 6.00. The fourth-order valence-corrected chi connectivity index (χ4v) is 1.71. The van der Waals surface area contributed by atoms with E-state index in [0.717, 1.165) is 11.3 Å². The van der Waals surface area contributed by atoms with Crippen LogP contribution >= 0.6 is 0 Å². The van der Waals surface area contributed by atoms with Gasteiger partial charge in [-0.05, 0) is 36.8 Å². The lowest BCUT2D eigenvalue weighted by atomic mass is 10.2. The number of carbonyl (C=O) groups excluding carboxylic acids is 1. The lowest BCUT2D eigenvalue weighted by molar-refractivity contribution is 0.262. The molecule has 0 heterocycles. The van der Waals surface area contributed by atoms with Crippen LogP contribution in [0.2, 0.25) is 0 Å². The Morgan fingerprint density at radius 2 is 1.79 bits per heavy atom. The standard InChI is InChI=1S/C15H16N2O2/c1-11-8-9-13(14(10-11)19-2)17-15(18)16-12-6-4-3-5-7-12/h3-10H,1-2H3,(H2,16,17,18). The van der Waals surface area contributed by atoms with E-state index in [4.69, 9.17) is 4.74 Å². The summed E-state index contributed by atoms with van der Waals surface area (Å²) >= 11 is 0. The summed E-state index contributed by atoms with van der Waals surface area (Å²) in [5.41, 5.74) is 2.46. The zero-order valence-electron chi connectivity index (χ0n) is 10.9. The van der Waals surface area contributed by atoms with Gasteiger partial charge in [-0.2, -0.15) is 0 Å². The molecule has 4 heteroatoms. The maximum atomic E-state index is 11.9. The molecule has 4 nitrogen and oxygen atoms in total. The van der Waals surface area contributed by atoms with Crippen molar-refractivity contribution in [2.24, 2.45) is 0 Å². The lowest BCUT2D eigenvalue weighted by Crippen LogP contribution is -2.19. The van der Waals surface area contributed by atoms with Crippen molar-refractivity contribution >= 4 is 17.4 Å². The van der Waals surface area contributed by atoms with E-state index in [1.807, 2.05) is 55.5 Å². The molecule has 0 unspecified atom stereocenters. The molecular formula is C15H16N2O2. The first kappa shape index (κ1) is 13.0. The topological polar surface area (TPSA) is 50.4 Å². The summed E-state index contributed by atoms with van der Waals surface area (Å²) in [5, 5.41) is 5.51. The first-order valence-electron chi connectivity index (χ1n) is 5.97. The molecule has 2 amide bonds. The Hall–Kier alpha value is -2.49. The first-order chi connectivity index (χ1) is 9.19. The van der Waals surface area contributed by atoms with Gasteiger partial charge < -0.3 is 15.4 Å². The van der Waals surface area contributed by atoms with E-state index in [1.54, 1.807) is 7.11 Å². The molecule has 0 spiro atoms. The van der Waals surface area contributed by atoms with Crippen LogP contribution in [-0.4, -0.2) is 13.1 Å². The van der Waals surface area contributed by atoms with Crippen LogP contribution < -0.4 is 15.4 Å². The van der Waals surface area contributed by atoms with Crippen molar-refractivity contribution in [3.8, 4) is 5.75 Å². The van der Waals surface area contributed by atoms with Gasteiger partial charge in [0.1, 0.15) is 5.75 Å². The fraction of sp³-hybridized carbons (Fsp3) is 0.133. The van der Waals surface area contributed by atoms with Gasteiger partial charge in [-0.1, -0.05) is 24.3 Å². The van der Waals surface area contributed by atoms with Gasteiger partial charge in [0, 0.05) is 5.69 Å². The second-order valence-electron chi connectivity index (χ2n) is 4.15. The number of anilines is 2. The molecule has 98 valence electrons. The number of amides is 2. The first-order valence-corrected chi connectivity index (χ1v) is 5.97. The molecule has 0 bridgehead atoms. The summed E-state index contributed by atoms with van der Waals surface area (Å²) < 4.78 is 5.23. The fourth-order valence-electron chi connectivity index (χ4n) is 1.71. The highest BCUT2D eigenvalue weighted by atomic mass is 16.5. The van der Waals surface area contributed by atoms with Gasteiger partial charge in [-0.15, -0.1) is 0 Å². The second-order valence-corrected chi connectivity index (χ2v) is 4.15.